The Hall–Kier alpha value is -1.31. The van der Waals surface area contributed by atoms with Gasteiger partial charge >= 0.3 is 0 Å². The van der Waals surface area contributed by atoms with Crippen LogP contribution in [0.3, 0.4) is 0 Å². The van der Waals surface area contributed by atoms with Crippen LogP contribution in [-0.4, -0.2) is 32.7 Å². The Morgan fingerprint density at radius 1 is 1.35 bits per heavy atom. The quantitative estimate of drug-likeness (QED) is 0.872. The predicted molar refractivity (Wildman–Crippen MR) is 95.4 cm³/mol. The normalized spacial score (nSPS) is 15.1. The summed E-state index contributed by atoms with van der Waals surface area (Å²) in [6.07, 6.45) is 5.20. The monoisotopic (exact) mass is 371 g/mol. The molecule has 1 aliphatic rings. The topological polar surface area (TPSA) is 62.3 Å². The molecule has 5 nitrogen and oxygen atoms in total. The second kappa shape index (κ2) is 6.67. The highest BCUT2D eigenvalue weighted by atomic mass is 35.5. The standard InChI is InChI=1S/C15H18ClN3O2S2/c1-23(20,21)14-5-4-11(8-13(14)19-6-2-3-7-19)17-9-12-10-18-15(16)22-12/h4-5,8,10,17H,2-3,6-7,9H2,1H3. The van der Waals surface area contributed by atoms with Gasteiger partial charge in [0.25, 0.3) is 0 Å². The van der Waals surface area contributed by atoms with Crippen molar-refractivity contribution < 1.29 is 8.42 Å². The van der Waals surface area contributed by atoms with E-state index in [0.717, 1.165) is 42.2 Å². The zero-order valence-electron chi connectivity index (χ0n) is 12.8. The molecule has 124 valence electrons. The third kappa shape index (κ3) is 3.97. The van der Waals surface area contributed by atoms with Gasteiger partial charge in [0.05, 0.1) is 17.1 Å². The zero-order chi connectivity index (χ0) is 16.4. The summed E-state index contributed by atoms with van der Waals surface area (Å²) in [4.78, 5) is 7.58. The largest absolute Gasteiger partial charge is 0.380 e. The van der Waals surface area contributed by atoms with Crippen molar-refractivity contribution in [3.63, 3.8) is 0 Å². The number of thiazole rings is 1. The molecule has 8 heteroatoms. The minimum absolute atomic E-state index is 0.394. The second-order valence-corrected chi connectivity index (χ2v) is 9.26. The van der Waals surface area contributed by atoms with Crippen LogP contribution in [0.2, 0.25) is 4.47 Å². The number of rotatable bonds is 5. The van der Waals surface area contributed by atoms with E-state index in [9.17, 15) is 8.42 Å². The molecule has 1 saturated heterocycles. The van der Waals surface area contributed by atoms with Gasteiger partial charge in [-0.3, -0.25) is 0 Å². The second-order valence-electron chi connectivity index (χ2n) is 5.58. The fourth-order valence-corrected chi connectivity index (χ4v) is 4.50. The van der Waals surface area contributed by atoms with Gasteiger partial charge in [0, 0.05) is 36.1 Å². The van der Waals surface area contributed by atoms with Crippen LogP contribution in [0.25, 0.3) is 0 Å². The highest BCUT2D eigenvalue weighted by molar-refractivity contribution is 7.90. The van der Waals surface area contributed by atoms with Gasteiger partial charge in [-0.25, -0.2) is 13.4 Å². The van der Waals surface area contributed by atoms with E-state index in [0.29, 0.717) is 15.9 Å². The molecule has 0 bridgehead atoms. The summed E-state index contributed by atoms with van der Waals surface area (Å²) >= 11 is 7.26. The lowest BCUT2D eigenvalue weighted by molar-refractivity contribution is 0.601. The number of halogens is 1. The van der Waals surface area contributed by atoms with Crippen molar-refractivity contribution in [2.75, 3.05) is 29.6 Å². The van der Waals surface area contributed by atoms with Gasteiger partial charge in [0.2, 0.25) is 0 Å². The van der Waals surface area contributed by atoms with E-state index in [4.69, 9.17) is 11.6 Å². The molecule has 0 saturated carbocycles. The molecule has 0 spiro atoms. The average Bonchev–Trinajstić information content (AvgIpc) is 3.15. The van der Waals surface area contributed by atoms with Gasteiger partial charge in [-0.1, -0.05) is 11.6 Å². The van der Waals surface area contributed by atoms with Crippen LogP contribution in [0.5, 0.6) is 0 Å². The molecule has 1 aromatic carbocycles. The summed E-state index contributed by atoms with van der Waals surface area (Å²) in [5.74, 6) is 0. The summed E-state index contributed by atoms with van der Waals surface area (Å²) in [7, 11) is -3.25. The van der Waals surface area contributed by atoms with E-state index in [1.54, 1.807) is 18.3 Å². The summed E-state index contributed by atoms with van der Waals surface area (Å²) < 4.78 is 24.6. The van der Waals surface area contributed by atoms with Gasteiger partial charge in [-0.15, -0.1) is 11.3 Å². The van der Waals surface area contributed by atoms with Crippen molar-refractivity contribution in [1.29, 1.82) is 0 Å². The molecule has 1 aliphatic heterocycles. The molecule has 3 rings (SSSR count). The molecule has 0 amide bonds. The molecular weight excluding hydrogens is 354 g/mol. The number of nitrogens with zero attached hydrogens (tertiary/aromatic N) is 2. The highest BCUT2D eigenvalue weighted by Crippen LogP contribution is 2.31. The first kappa shape index (κ1) is 16.5. The predicted octanol–water partition coefficient (Wildman–Crippen LogP) is 3.41. The minimum atomic E-state index is -3.25. The first-order chi connectivity index (χ1) is 10.9. The zero-order valence-corrected chi connectivity index (χ0v) is 15.1. The molecule has 0 atom stereocenters. The van der Waals surface area contributed by atoms with E-state index in [1.165, 1.54) is 17.6 Å². The van der Waals surface area contributed by atoms with Crippen LogP contribution in [0.1, 0.15) is 17.7 Å². The number of benzene rings is 1. The Morgan fingerprint density at radius 2 is 2.09 bits per heavy atom. The fraction of sp³-hybridized carbons (Fsp3) is 0.400. The van der Waals surface area contributed by atoms with Gasteiger partial charge < -0.3 is 10.2 Å². The van der Waals surface area contributed by atoms with Crippen molar-refractivity contribution in [2.24, 2.45) is 0 Å². The summed E-state index contributed by atoms with van der Waals surface area (Å²) in [5.41, 5.74) is 1.68. The maximum absolute atomic E-state index is 12.0. The number of nitrogens with one attached hydrogen (secondary N) is 1. The summed E-state index contributed by atoms with van der Waals surface area (Å²) in [6, 6.07) is 5.41. The van der Waals surface area contributed by atoms with Crippen LogP contribution < -0.4 is 10.2 Å². The van der Waals surface area contributed by atoms with Crippen molar-refractivity contribution in [3.8, 4) is 0 Å². The number of anilines is 2. The number of aromatic nitrogens is 1. The van der Waals surface area contributed by atoms with E-state index >= 15 is 0 Å². The Bertz CT molecular complexity index is 799. The molecule has 1 fully saturated rings. The maximum Gasteiger partial charge on any atom is 0.183 e. The summed E-state index contributed by atoms with van der Waals surface area (Å²) in [5, 5.41) is 3.31. The number of sulfone groups is 1. The first-order valence-corrected chi connectivity index (χ1v) is 10.5. The first-order valence-electron chi connectivity index (χ1n) is 7.36. The SMILES string of the molecule is CS(=O)(=O)c1ccc(NCc2cnc(Cl)s2)cc1N1CCCC1. The lowest BCUT2D eigenvalue weighted by Gasteiger charge is -2.22. The Kier molecular flexibility index (Phi) is 4.79. The van der Waals surface area contributed by atoms with Crippen LogP contribution in [-0.2, 0) is 16.4 Å². The number of hydrogen-bond acceptors (Lipinski definition) is 6. The van der Waals surface area contributed by atoms with Crippen molar-refractivity contribution in [1.82, 2.24) is 4.98 Å². The molecule has 2 heterocycles. The molecule has 0 radical (unpaired) electrons. The van der Waals surface area contributed by atoms with Gasteiger partial charge in [-0.05, 0) is 31.0 Å². The Balaban J connectivity index is 1.85. The highest BCUT2D eigenvalue weighted by Gasteiger charge is 2.21. The Labute approximate surface area is 145 Å². The fourth-order valence-electron chi connectivity index (χ4n) is 2.70. The van der Waals surface area contributed by atoms with Crippen LogP contribution in [0.15, 0.2) is 29.3 Å². The number of hydrogen-bond donors (Lipinski definition) is 1. The van der Waals surface area contributed by atoms with Crippen molar-refractivity contribution in [2.45, 2.75) is 24.3 Å². The molecular formula is C15H18ClN3O2S2. The maximum atomic E-state index is 12.0. The van der Waals surface area contributed by atoms with Crippen molar-refractivity contribution >= 4 is 44.1 Å². The molecule has 1 aromatic heterocycles. The van der Waals surface area contributed by atoms with Gasteiger partial charge in [0.15, 0.2) is 14.3 Å². The van der Waals surface area contributed by atoms with Gasteiger partial charge in [-0.2, -0.15) is 0 Å². The lowest BCUT2D eigenvalue weighted by atomic mass is 10.2. The third-order valence-electron chi connectivity index (χ3n) is 3.80. The van der Waals surface area contributed by atoms with Crippen LogP contribution in [0.4, 0.5) is 11.4 Å². The van der Waals surface area contributed by atoms with Gasteiger partial charge in [0.1, 0.15) is 0 Å². The molecule has 2 aromatic rings. The van der Waals surface area contributed by atoms with E-state index in [2.05, 4.69) is 15.2 Å². The van der Waals surface area contributed by atoms with Crippen LogP contribution in [0, 0.1) is 0 Å². The smallest absolute Gasteiger partial charge is 0.183 e. The van der Waals surface area contributed by atoms with E-state index < -0.39 is 9.84 Å². The third-order valence-corrected chi connectivity index (χ3v) is 6.06. The van der Waals surface area contributed by atoms with E-state index in [1.807, 2.05) is 6.07 Å². The Morgan fingerprint density at radius 3 is 2.70 bits per heavy atom. The molecule has 0 unspecified atom stereocenters. The van der Waals surface area contributed by atoms with Crippen molar-refractivity contribution in [3.05, 3.63) is 33.7 Å². The summed E-state index contributed by atoms with van der Waals surface area (Å²) in [6.45, 7) is 2.41. The van der Waals surface area contributed by atoms with E-state index in [-0.39, 0.29) is 0 Å². The lowest BCUT2D eigenvalue weighted by Crippen LogP contribution is -2.20. The van der Waals surface area contributed by atoms with Crippen LogP contribution >= 0.6 is 22.9 Å². The minimum Gasteiger partial charge on any atom is -0.380 e. The average molecular weight is 372 g/mol. The molecule has 0 aliphatic carbocycles. The molecule has 1 N–H and O–H groups in total. The molecule has 23 heavy (non-hydrogen) atoms.